The Kier molecular flexibility index (Phi) is 3.72. The molecule has 0 aliphatic rings. The first kappa shape index (κ1) is 11.6. The minimum absolute atomic E-state index is 0.265. The van der Waals surface area contributed by atoms with Crippen LogP contribution in [0.2, 0.25) is 0 Å². The second-order valence-corrected chi connectivity index (χ2v) is 3.88. The molecule has 0 amide bonds. The molecule has 17 heavy (non-hydrogen) atoms. The quantitative estimate of drug-likeness (QED) is 0.852. The predicted molar refractivity (Wildman–Crippen MR) is 66.3 cm³/mol. The van der Waals surface area contributed by atoms with E-state index in [2.05, 4.69) is 22.2 Å². The molecule has 0 saturated heterocycles. The maximum atomic E-state index is 5.06. The molecule has 0 fully saturated rings. The van der Waals surface area contributed by atoms with Crippen molar-refractivity contribution < 1.29 is 4.74 Å². The molecule has 0 bridgehead atoms. The first-order valence-electron chi connectivity index (χ1n) is 5.49. The van der Waals surface area contributed by atoms with Gasteiger partial charge in [-0.25, -0.2) is 9.97 Å². The average molecular weight is 232 g/mol. The van der Waals surface area contributed by atoms with Gasteiger partial charge in [0.15, 0.2) is 0 Å². The van der Waals surface area contributed by atoms with Gasteiger partial charge in [0, 0.05) is 25.5 Å². The number of ether oxygens (including phenoxy) is 1. The molecule has 1 N–H and O–H groups in total. The van der Waals surface area contributed by atoms with E-state index < -0.39 is 0 Å². The van der Waals surface area contributed by atoms with Crippen molar-refractivity contribution in [3.63, 3.8) is 0 Å². The van der Waals surface area contributed by atoms with Crippen LogP contribution in [0.4, 0.5) is 5.69 Å². The van der Waals surface area contributed by atoms with Gasteiger partial charge in [0.1, 0.15) is 12.1 Å². The summed E-state index contributed by atoms with van der Waals surface area (Å²) in [6.45, 7) is 2.73. The molecule has 0 spiro atoms. The lowest BCUT2D eigenvalue weighted by Gasteiger charge is -2.14. The van der Waals surface area contributed by atoms with E-state index in [0.717, 1.165) is 11.5 Å². The van der Waals surface area contributed by atoms with Crippen LogP contribution in [0.1, 0.15) is 6.92 Å². The molecule has 0 aliphatic carbocycles. The highest BCUT2D eigenvalue weighted by Gasteiger charge is 2.02. The van der Waals surface area contributed by atoms with E-state index in [0.29, 0.717) is 6.61 Å². The molecule has 5 nitrogen and oxygen atoms in total. The summed E-state index contributed by atoms with van der Waals surface area (Å²) in [4.78, 5) is 8.34. The summed E-state index contributed by atoms with van der Waals surface area (Å²) in [5.74, 6) is 0.854. The Labute approximate surface area is 100 Å². The monoisotopic (exact) mass is 232 g/mol. The fourth-order valence-electron chi connectivity index (χ4n) is 1.59. The Morgan fingerprint density at radius 2 is 2.35 bits per heavy atom. The topological polar surface area (TPSA) is 52.0 Å². The summed E-state index contributed by atoms with van der Waals surface area (Å²) < 4.78 is 6.93. The predicted octanol–water partition coefficient (Wildman–Crippen LogP) is 1.71. The van der Waals surface area contributed by atoms with Crippen molar-refractivity contribution in [2.75, 3.05) is 19.0 Å². The van der Waals surface area contributed by atoms with Crippen LogP contribution in [0.3, 0.4) is 0 Å². The second kappa shape index (κ2) is 5.45. The summed E-state index contributed by atoms with van der Waals surface area (Å²) in [6, 6.07) is 4.21. The number of nitrogens with one attached hydrogen (secondary N) is 1. The zero-order chi connectivity index (χ0) is 12.1. The average Bonchev–Trinajstić information content (AvgIpc) is 2.84. The third-order valence-electron chi connectivity index (χ3n) is 2.35. The molecule has 1 atom stereocenters. The smallest absolute Gasteiger partial charge is 0.137 e. The summed E-state index contributed by atoms with van der Waals surface area (Å²) in [7, 11) is 1.69. The number of nitrogens with zero attached hydrogens (tertiary/aromatic N) is 3. The van der Waals surface area contributed by atoms with Gasteiger partial charge in [0.25, 0.3) is 0 Å². The van der Waals surface area contributed by atoms with Gasteiger partial charge in [-0.05, 0) is 19.1 Å². The Morgan fingerprint density at radius 3 is 2.94 bits per heavy atom. The lowest BCUT2D eigenvalue weighted by atomic mass is 10.3. The lowest BCUT2D eigenvalue weighted by molar-refractivity contribution is 0.190. The molecular weight excluding hydrogens is 216 g/mol. The van der Waals surface area contributed by atoms with Gasteiger partial charge < -0.3 is 10.1 Å². The fraction of sp³-hybridized carbons (Fsp3) is 0.333. The highest BCUT2D eigenvalue weighted by atomic mass is 16.5. The number of imidazole rings is 1. The summed E-state index contributed by atoms with van der Waals surface area (Å²) in [6.07, 6.45) is 7.13. The van der Waals surface area contributed by atoms with E-state index in [9.17, 15) is 0 Å². The van der Waals surface area contributed by atoms with Gasteiger partial charge in [0.05, 0.1) is 18.5 Å². The number of hydrogen-bond donors (Lipinski definition) is 1. The number of pyridine rings is 1. The third-order valence-corrected chi connectivity index (χ3v) is 2.35. The Balaban J connectivity index is 2.03. The van der Waals surface area contributed by atoms with Gasteiger partial charge in [-0.15, -0.1) is 0 Å². The highest BCUT2D eigenvalue weighted by Crippen LogP contribution is 2.10. The molecule has 0 aromatic carbocycles. The Morgan fingerprint density at radius 1 is 1.47 bits per heavy atom. The first-order chi connectivity index (χ1) is 8.29. The van der Waals surface area contributed by atoms with Crippen LogP contribution in [-0.4, -0.2) is 34.3 Å². The third kappa shape index (κ3) is 3.04. The van der Waals surface area contributed by atoms with Crippen molar-refractivity contribution in [3.8, 4) is 5.82 Å². The zero-order valence-electron chi connectivity index (χ0n) is 10.00. The largest absolute Gasteiger partial charge is 0.383 e. The van der Waals surface area contributed by atoms with E-state index >= 15 is 0 Å². The molecule has 1 unspecified atom stereocenters. The molecule has 5 heteroatoms. The van der Waals surface area contributed by atoms with E-state index in [4.69, 9.17) is 4.74 Å². The van der Waals surface area contributed by atoms with Crippen LogP contribution < -0.4 is 5.32 Å². The summed E-state index contributed by atoms with van der Waals surface area (Å²) in [5.41, 5.74) is 0.985. The molecule has 0 aliphatic heterocycles. The normalized spacial score (nSPS) is 12.4. The summed E-state index contributed by atoms with van der Waals surface area (Å²) in [5, 5.41) is 3.30. The Hall–Kier alpha value is -1.88. The van der Waals surface area contributed by atoms with E-state index in [1.54, 1.807) is 19.6 Å². The van der Waals surface area contributed by atoms with E-state index in [1.165, 1.54) is 0 Å². The number of methoxy groups -OCH3 is 1. The van der Waals surface area contributed by atoms with Crippen molar-refractivity contribution in [2.24, 2.45) is 0 Å². The SMILES string of the molecule is COCC(C)Nc1ccc(-n2ccnc2)nc1. The molecule has 2 aromatic rings. The van der Waals surface area contributed by atoms with Crippen molar-refractivity contribution >= 4 is 5.69 Å². The van der Waals surface area contributed by atoms with Crippen LogP contribution in [0, 0.1) is 0 Å². The van der Waals surface area contributed by atoms with Gasteiger partial charge in [-0.3, -0.25) is 4.57 Å². The number of rotatable bonds is 5. The van der Waals surface area contributed by atoms with E-state index in [1.807, 2.05) is 29.1 Å². The van der Waals surface area contributed by atoms with Crippen LogP contribution >= 0.6 is 0 Å². The number of hydrogen-bond acceptors (Lipinski definition) is 4. The first-order valence-corrected chi connectivity index (χ1v) is 5.49. The van der Waals surface area contributed by atoms with Crippen LogP contribution in [0.25, 0.3) is 5.82 Å². The van der Waals surface area contributed by atoms with Gasteiger partial charge in [-0.1, -0.05) is 0 Å². The maximum absolute atomic E-state index is 5.06. The van der Waals surface area contributed by atoms with Crippen LogP contribution in [0.5, 0.6) is 0 Å². The molecular formula is C12H16N4O. The molecule has 2 aromatic heterocycles. The van der Waals surface area contributed by atoms with Gasteiger partial charge >= 0.3 is 0 Å². The molecule has 2 heterocycles. The minimum atomic E-state index is 0.265. The second-order valence-electron chi connectivity index (χ2n) is 3.88. The van der Waals surface area contributed by atoms with Gasteiger partial charge in [0.2, 0.25) is 0 Å². The van der Waals surface area contributed by atoms with Crippen molar-refractivity contribution in [2.45, 2.75) is 13.0 Å². The van der Waals surface area contributed by atoms with Crippen molar-refractivity contribution in [1.82, 2.24) is 14.5 Å². The van der Waals surface area contributed by atoms with Crippen LogP contribution in [0.15, 0.2) is 37.1 Å². The van der Waals surface area contributed by atoms with Gasteiger partial charge in [-0.2, -0.15) is 0 Å². The standard InChI is InChI=1S/C12H16N4O/c1-10(8-17-2)15-11-3-4-12(14-7-11)16-6-5-13-9-16/h3-7,9-10,15H,8H2,1-2H3. The number of aromatic nitrogens is 3. The number of anilines is 1. The fourth-order valence-corrected chi connectivity index (χ4v) is 1.59. The molecule has 0 saturated carbocycles. The van der Waals surface area contributed by atoms with Crippen LogP contribution in [-0.2, 0) is 4.74 Å². The molecule has 0 radical (unpaired) electrons. The minimum Gasteiger partial charge on any atom is -0.383 e. The molecule has 90 valence electrons. The van der Waals surface area contributed by atoms with Crippen molar-refractivity contribution in [3.05, 3.63) is 37.1 Å². The Bertz CT molecular complexity index is 438. The zero-order valence-corrected chi connectivity index (χ0v) is 10.00. The lowest BCUT2D eigenvalue weighted by Crippen LogP contribution is -2.20. The molecule has 2 rings (SSSR count). The highest BCUT2D eigenvalue weighted by molar-refractivity contribution is 5.44. The maximum Gasteiger partial charge on any atom is 0.137 e. The van der Waals surface area contributed by atoms with Crippen molar-refractivity contribution in [1.29, 1.82) is 0 Å². The summed E-state index contributed by atoms with van der Waals surface area (Å²) >= 11 is 0. The van der Waals surface area contributed by atoms with E-state index in [-0.39, 0.29) is 6.04 Å².